The molecular weight excluding hydrogens is 500 g/mol. The van der Waals surface area contributed by atoms with Crippen LogP contribution in [0.25, 0.3) is 11.4 Å². The first kappa shape index (κ1) is 26.4. The Hall–Kier alpha value is -4.22. The van der Waals surface area contributed by atoms with Gasteiger partial charge in [-0.3, -0.25) is 4.90 Å². The zero-order valence-electron chi connectivity index (χ0n) is 21.9. The van der Waals surface area contributed by atoms with E-state index in [2.05, 4.69) is 22.5 Å². The minimum Gasteiger partial charge on any atom is -0.465 e. The topological polar surface area (TPSA) is 140 Å². The predicted octanol–water partition coefficient (Wildman–Crippen LogP) is 4.45. The third-order valence-corrected chi connectivity index (χ3v) is 7.10. The first-order chi connectivity index (χ1) is 18.9. The van der Waals surface area contributed by atoms with Crippen LogP contribution in [-0.4, -0.2) is 63.0 Å². The van der Waals surface area contributed by atoms with Gasteiger partial charge in [0.05, 0.1) is 44.1 Å². The van der Waals surface area contributed by atoms with Gasteiger partial charge in [-0.05, 0) is 55.3 Å². The van der Waals surface area contributed by atoms with Crippen LogP contribution < -0.4 is 15.5 Å². The van der Waals surface area contributed by atoms with Gasteiger partial charge in [0.2, 0.25) is 0 Å². The van der Waals surface area contributed by atoms with Crippen LogP contribution in [0.3, 0.4) is 0 Å². The molecule has 0 bridgehead atoms. The molecule has 204 valence electrons. The van der Waals surface area contributed by atoms with Crippen molar-refractivity contribution in [2.75, 3.05) is 35.3 Å². The van der Waals surface area contributed by atoms with E-state index >= 15 is 0 Å². The predicted molar refractivity (Wildman–Crippen MR) is 147 cm³/mol. The van der Waals surface area contributed by atoms with Crippen molar-refractivity contribution in [3.63, 3.8) is 0 Å². The Morgan fingerprint density at radius 2 is 1.72 bits per heavy atom. The lowest BCUT2D eigenvalue weighted by atomic mass is 10.0. The van der Waals surface area contributed by atoms with Gasteiger partial charge in [-0.25, -0.2) is 19.6 Å². The quantitative estimate of drug-likeness (QED) is 0.365. The molecule has 1 unspecified atom stereocenters. The summed E-state index contributed by atoms with van der Waals surface area (Å²) in [6.07, 6.45) is -0.345. The first-order valence-electron chi connectivity index (χ1n) is 13.0. The molecule has 0 saturated carbocycles. The summed E-state index contributed by atoms with van der Waals surface area (Å²) < 4.78 is 5.63. The summed E-state index contributed by atoms with van der Waals surface area (Å²) in [5.41, 5.74) is 4.31. The fourth-order valence-electron chi connectivity index (χ4n) is 5.10. The lowest BCUT2D eigenvalue weighted by molar-refractivity contribution is 0.0981. The Morgan fingerprint density at radius 3 is 2.31 bits per heavy atom. The third-order valence-electron chi connectivity index (χ3n) is 7.10. The summed E-state index contributed by atoms with van der Waals surface area (Å²) in [5.74, 6) is 1.26. The number of rotatable bonds is 6. The number of carboxylic acid groups (broad SMARTS) is 1. The lowest BCUT2D eigenvalue weighted by Crippen LogP contribution is -2.45. The highest BCUT2D eigenvalue weighted by atomic mass is 16.5. The van der Waals surface area contributed by atoms with Gasteiger partial charge in [0, 0.05) is 29.0 Å². The number of carbonyl (C=O) groups is 2. The Morgan fingerprint density at radius 1 is 1.05 bits per heavy atom. The largest absolute Gasteiger partial charge is 0.465 e. The van der Waals surface area contributed by atoms with Gasteiger partial charge < -0.3 is 30.5 Å². The Balaban J connectivity index is 1.40. The molecule has 11 heteroatoms. The van der Waals surface area contributed by atoms with Crippen molar-refractivity contribution in [2.45, 2.75) is 45.5 Å². The van der Waals surface area contributed by atoms with Gasteiger partial charge in [-0.2, -0.15) is 0 Å². The number of carbonyl (C=O) groups excluding carboxylic acids is 1. The molecule has 39 heavy (non-hydrogen) atoms. The molecule has 1 aromatic heterocycles. The van der Waals surface area contributed by atoms with Gasteiger partial charge in [0.15, 0.2) is 5.82 Å². The van der Waals surface area contributed by atoms with Crippen LogP contribution in [0.4, 0.5) is 26.8 Å². The van der Waals surface area contributed by atoms with Crippen molar-refractivity contribution < 1.29 is 24.5 Å². The Kier molecular flexibility index (Phi) is 7.62. The van der Waals surface area contributed by atoms with Crippen molar-refractivity contribution in [3.05, 3.63) is 65.4 Å². The molecule has 5 rings (SSSR count). The molecule has 2 atom stereocenters. The number of hydrogen-bond acceptors (Lipinski definition) is 7. The second-order valence-electron chi connectivity index (χ2n) is 9.69. The number of urea groups is 1. The van der Waals surface area contributed by atoms with Crippen molar-refractivity contribution in [2.24, 2.45) is 0 Å². The summed E-state index contributed by atoms with van der Waals surface area (Å²) in [6.45, 7) is 6.01. The molecule has 0 spiro atoms. The smallest absolute Gasteiger partial charge is 0.408 e. The zero-order chi connectivity index (χ0) is 27.5. The van der Waals surface area contributed by atoms with Crippen LogP contribution in [0, 0.1) is 0 Å². The summed E-state index contributed by atoms with van der Waals surface area (Å²) in [7, 11) is 0. The maximum absolute atomic E-state index is 12.5. The number of aromatic nitrogens is 2. The average Bonchev–Trinajstić information content (AvgIpc) is 3.33. The van der Waals surface area contributed by atoms with E-state index in [4.69, 9.17) is 19.8 Å². The Labute approximate surface area is 226 Å². The molecular formula is C28H32N6O5. The van der Waals surface area contributed by atoms with Crippen LogP contribution in [-0.2, 0) is 17.9 Å². The number of nitrogens with one attached hydrogen (secondary N) is 2. The van der Waals surface area contributed by atoms with Gasteiger partial charge in [-0.1, -0.05) is 19.1 Å². The van der Waals surface area contributed by atoms with Crippen molar-refractivity contribution >= 4 is 29.3 Å². The molecule has 3 aromatic rings. The van der Waals surface area contributed by atoms with Crippen molar-refractivity contribution in [1.82, 2.24) is 14.9 Å². The number of morpholine rings is 1. The van der Waals surface area contributed by atoms with Gasteiger partial charge in [0.25, 0.3) is 0 Å². The van der Waals surface area contributed by atoms with Crippen LogP contribution >= 0.6 is 0 Å². The maximum atomic E-state index is 12.5. The van der Waals surface area contributed by atoms with E-state index in [0.717, 1.165) is 28.2 Å². The second-order valence-corrected chi connectivity index (χ2v) is 9.69. The van der Waals surface area contributed by atoms with Crippen LogP contribution in [0.1, 0.15) is 43.1 Å². The van der Waals surface area contributed by atoms with Crippen LogP contribution in [0.15, 0.2) is 48.5 Å². The average molecular weight is 533 g/mol. The molecule has 2 aliphatic heterocycles. The first-order valence-corrected chi connectivity index (χ1v) is 13.0. The summed E-state index contributed by atoms with van der Waals surface area (Å²) in [4.78, 5) is 37.8. The van der Waals surface area contributed by atoms with E-state index in [1.54, 1.807) is 36.4 Å². The highest BCUT2D eigenvalue weighted by Crippen LogP contribution is 2.42. The molecule has 3 heterocycles. The minimum absolute atomic E-state index is 0.0588. The second kappa shape index (κ2) is 11.3. The molecule has 2 aromatic carbocycles. The third kappa shape index (κ3) is 5.50. The van der Waals surface area contributed by atoms with E-state index in [1.807, 2.05) is 19.1 Å². The van der Waals surface area contributed by atoms with E-state index in [-0.39, 0.29) is 25.2 Å². The number of fused-ring (bicyclic) bond motifs is 1. The number of anilines is 3. The van der Waals surface area contributed by atoms with E-state index in [0.29, 0.717) is 43.4 Å². The standard InChI is InChI=1S/C28H32N6O5/c1-3-23-24-22(14-34(23)28(37)38)31-25(32-26(24)33-12-13-39-16-17(33)2)19-6-10-21(11-7-19)30-27(36)29-20-8-4-18(15-35)5-9-20/h4-11,17,23,35H,3,12-16H2,1-2H3,(H,37,38)(H2,29,30,36)/t17?,23-/m0/s1. The fourth-order valence-corrected chi connectivity index (χ4v) is 5.10. The van der Waals surface area contributed by atoms with E-state index in [9.17, 15) is 14.7 Å². The van der Waals surface area contributed by atoms with E-state index in [1.165, 1.54) is 4.90 Å². The number of hydrogen-bond donors (Lipinski definition) is 4. The van der Waals surface area contributed by atoms with Crippen molar-refractivity contribution in [3.8, 4) is 11.4 Å². The minimum atomic E-state index is -0.972. The number of benzene rings is 2. The maximum Gasteiger partial charge on any atom is 0.408 e. The van der Waals surface area contributed by atoms with Gasteiger partial charge >= 0.3 is 12.1 Å². The summed E-state index contributed by atoms with van der Waals surface area (Å²) in [6, 6.07) is 13.5. The Bertz CT molecular complexity index is 1350. The molecule has 1 saturated heterocycles. The SMILES string of the molecule is CC[C@H]1c2c(nc(-c3ccc(NC(=O)Nc4ccc(CO)cc4)cc3)nc2N2CCOCC2C)CN1C(=O)O. The van der Waals surface area contributed by atoms with Gasteiger partial charge in [-0.15, -0.1) is 0 Å². The molecule has 0 radical (unpaired) electrons. The molecule has 3 amide bonds. The number of aliphatic hydroxyl groups is 1. The monoisotopic (exact) mass is 532 g/mol. The fraction of sp³-hybridized carbons (Fsp3) is 0.357. The highest BCUT2D eigenvalue weighted by Gasteiger charge is 2.39. The van der Waals surface area contributed by atoms with Crippen LogP contribution in [0.2, 0.25) is 0 Å². The molecule has 11 nitrogen and oxygen atoms in total. The summed E-state index contributed by atoms with van der Waals surface area (Å²) in [5, 5.41) is 24.6. The number of nitrogens with zero attached hydrogens (tertiary/aromatic N) is 4. The van der Waals surface area contributed by atoms with E-state index < -0.39 is 12.1 Å². The molecule has 2 aliphatic rings. The normalized spacial score (nSPS) is 18.5. The molecule has 0 aliphatic carbocycles. The number of ether oxygens (including phenoxy) is 1. The zero-order valence-corrected chi connectivity index (χ0v) is 21.9. The van der Waals surface area contributed by atoms with Crippen LogP contribution in [0.5, 0.6) is 0 Å². The molecule has 4 N–H and O–H groups in total. The number of amides is 3. The highest BCUT2D eigenvalue weighted by molar-refractivity contribution is 5.99. The number of aliphatic hydroxyl groups excluding tert-OH is 1. The van der Waals surface area contributed by atoms with Gasteiger partial charge in [0.1, 0.15) is 5.82 Å². The summed E-state index contributed by atoms with van der Waals surface area (Å²) >= 11 is 0. The lowest BCUT2D eigenvalue weighted by Gasteiger charge is -2.36. The molecule has 1 fully saturated rings. The van der Waals surface area contributed by atoms with Crippen molar-refractivity contribution in [1.29, 1.82) is 0 Å².